The molecule has 1 aliphatic rings. The van der Waals surface area contributed by atoms with Crippen LogP contribution in [-0.2, 0) is 10.1 Å². The Morgan fingerprint density at radius 1 is 1.39 bits per heavy atom. The Balaban J connectivity index is 2.28. The number of aliphatic hydroxyl groups excluding tert-OH is 1. The van der Waals surface area contributed by atoms with Gasteiger partial charge in [0.2, 0.25) is 0 Å². The van der Waals surface area contributed by atoms with E-state index in [1.165, 1.54) is 6.07 Å². The number of alkyl halides is 3. The van der Waals surface area contributed by atoms with Gasteiger partial charge in [0.25, 0.3) is 0 Å². The second-order valence-corrected chi connectivity index (χ2v) is 5.05. The molecule has 1 aromatic rings. The molecular weight excluding hydrogens is 277 g/mol. The molecule has 1 unspecified atom stereocenters. The molecule has 0 radical (unpaired) electrons. The molecule has 5 nitrogen and oxygen atoms in total. The molecule has 2 rings (SSSR count). The van der Waals surface area contributed by atoms with Crippen molar-refractivity contribution in [1.29, 1.82) is 0 Å². The number of ether oxygens (including phenoxy) is 1. The minimum atomic E-state index is -5.70. The van der Waals surface area contributed by atoms with Crippen LogP contribution >= 0.6 is 0 Å². The van der Waals surface area contributed by atoms with Crippen LogP contribution < -0.4 is 8.92 Å². The van der Waals surface area contributed by atoms with Crippen molar-refractivity contribution in [2.75, 3.05) is 6.61 Å². The van der Waals surface area contributed by atoms with Gasteiger partial charge < -0.3 is 14.0 Å². The van der Waals surface area contributed by atoms with Crippen LogP contribution in [0.25, 0.3) is 0 Å². The molecule has 1 aliphatic heterocycles. The molecule has 0 saturated heterocycles. The summed E-state index contributed by atoms with van der Waals surface area (Å²) in [4.78, 5) is 0. The topological polar surface area (TPSA) is 72.8 Å². The smallest absolute Gasteiger partial charge is 0.490 e. The quantitative estimate of drug-likeness (QED) is 0.655. The van der Waals surface area contributed by atoms with Crippen LogP contribution in [0.5, 0.6) is 11.5 Å². The number of benzene rings is 1. The number of fused-ring (bicyclic) bond motifs is 1. The van der Waals surface area contributed by atoms with E-state index in [1.807, 2.05) is 0 Å². The average molecular weight is 284 g/mol. The minimum Gasteiger partial charge on any atom is -0.490 e. The summed E-state index contributed by atoms with van der Waals surface area (Å²) in [5, 5.41) is 9.37. The van der Waals surface area contributed by atoms with Crippen LogP contribution in [0, 0.1) is 0 Å². The highest BCUT2D eigenvalue weighted by molar-refractivity contribution is 7.87. The van der Waals surface area contributed by atoms with Gasteiger partial charge in [0.05, 0.1) is 0 Å². The first kappa shape index (κ1) is 13.0. The fourth-order valence-electron chi connectivity index (χ4n) is 1.40. The van der Waals surface area contributed by atoms with Crippen molar-refractivity contribution in [3.8, 4) is 11.5 Å². The third-order valence-corrected chi connectivity index (χ3v) is 3.21. The lowest BCUT2D eigenvalue weighted by Crippen LogP contribution is -2.28. The van der Waals surface area contributed by atoms with E-state index in [4.69, 9.17) is 4.74 Å². The Hall–Kier alpha value is -1.48. The van der Waals surface area contributed by atoms with Gasteiger partial charge in [0, 0.05) is 11.6 Å². The predicted molar refractivity (Wildman–Crippen MR) is 52.5 cm³/mol. The third-order valence-electron chi connectivity index (χ3n) is 2.23. The van der Waals surface area contributed by atoms with Crippen LogP contribution in [0.4, 0.5) is 13.2 Å². The summed E-state index contributed by atoms with van der Waals surface area (Å²) in [6, 6.07) is 3.24. The highest BCUT2D eigenvalue weighted by atomic mass is 32.2. The lowest BCUT2D eigenvalue weighted by molar-refractivity contribution is -0.0500. The van der Waals surface area contributed by atoms with E-state index in [2.05, 4.69) is 4.18 Å². The highest BCUT2D eigenvalue weighted by Gasteiger charge is 2.48. The van der Waals surface area contributed by atoms with Crippen LogP contribution in [0.3, 0.4) is 0 Å². The minimum absolute atomic E-state index is 0.0369. The summed E-state index contributed by atoms with van der Waals surface area (Å²) in [6.07, 6.45) is -0.881. The highest BCUT2D eigenvalue weighted by Crippen LogP contribution is 2.36. The molecule has 100 valence electrons. The Bertz CT molecular complexity index is 566. The van der Waals surface area contributed by atoms with Gasteiger partial charge in [0.1, 0.15) is 24.2 Å². The number of hydrogen-bond donors (Lipinski definition) is 1. The Labute approximate surface area is 99.9 Å². The van der Waals surface area contributed by atoms with Gasteiger partial charge in [-0.05, 0) is 12.1 Å². The van der Waals surface area contributed by atoms with E-state index in [9.17, 15) is 26.7 Å². The average Bonchev–Trinajstić information content (AvgIpc) is 2.58. The van der Waals surface area contributed by atoms with Gasteiger partial charge in [0.15, 0.2) is 0 Å². The van der Waals surface area contributed by atoms with Crippen LogP contribution in [0.2, 0.25) is 0 Å². The van der Waals surface area contributed by atoms with E-state index >= 15 is 0 Å². The molecule has 1 aromatic carbocycles. The molecule has 0 amide bonds. The molecular formula is C9H7F3O5S. The molecule has 0 aliphatic carbocycles. The van der Waals surface area contributed by atoms with Gasteiger partial charge in [-0.2, -0.15) is 21.6 Å². The summed E-state index contributed by atoms with van der Waals surface area (Å²) in [5.74, 6) is -0.433. The van der Waals surface area contributed by atoms with Gasteiger partial charge in [-0.3, -0.25) is 0 Å². The van der Waals surface area contributed by atoms with Gasteiger partial charge in [-0.1, -0.05) is 0 Å². The van der Waals surface area contributed by atoms with E-state index in [0.29, 0.717) is 5.56 Å². The van der Waals surface area contributed by atoms with Crippen molar-refractivity contribution < 1.29 is 35.6 Å². The van der Waals surface area contributed by atoms with Crippen molar-refractivity contribution >= 4 is 10.1 Å². The Morgan fingerprint density at radius 2 is 2.06 bits per heavy atom. The molecule has 1 heterocycles. The van der Waals surface area contributed by atoms with Crippen LogP contribution in [-0.4, -0.2) is 25.6 Å². The second kappa shape index (κ2) is 4.02. The molecule has 0 saturated carbocycles. The first-order valence-electron chi connectivity index (χ1n) is 4.66. The first-order valence-corrected chi connectivity index (χ1v) is 6.07. The lowest BCUT2D eigenvalue weighted by Gasteiger charge is -2.10. The molecule has 1 N–H and O–H groups in total. The Morgan fingerprint density at radius 3 is 2.67 bits per heavy atom. The third kappa shape index (κ3) is 2.23. The van der Waals surface area contributed by atoms with E-state index in [0.717, 1.165) is 12.1 Å². The molecule has 1 atom stereocenters. The van der Waals surface area contributed by atoms with Crippen molar-refractivity contribution in [2.24, 2.45) is 0 Å². The monoisotopic (exact) mass is 284 g/mol. The zero-order valence-corrected chi connectivity index (χ0v) is 9.46. The van der Waals surface area contributed by atoms with E-state index in [1.54, 1.807) is 0 Å². The van der Waals surface area contributed by atoms with E-state index < -0.39 is 27.5 Å². The number of rotatable bonds is 2. The summed E-state index contributed by atoms with van der Waals surface area (Å²) in [6.45, 7) is -0.0369. The predicted octanol–water partition coefficient (Wildman–Crippen LogP) is 1.34. The fourth-order valence-corrected chi connectivity index (χ4v) is 1.85. The molecule has 0 bridgehead atoms. The number of aliphatic hydroxyl groups is 1. The lowest BCUT2D eigenvalue weighted by atomic mass is 10.1. The van der Waals surface area contributed by atoms with Crippen LogP contribution in [0.1, 0.15) is 11.7 Å². The van der Waals surface area contributed by atoms with Crippen molar-refractivity contribution in [3.63, 3.8) is 0 Å². The number of hydrogen-bond acceptors (Lipinski definition) is 5. The first-order chi connectivity index (χ1) is 8.21. The van der Waals surface area contributed by atoms with Crippen molar-refractivity contribution in [3.05, 3.63) is 23.8 Å². The molecule has 0 fully saturated rings. The summed E-state index contributed by atoms with van der Waals surface area (Å²) >= 11 is 0. The fraction of sp³-hybridized carbons (Fsp3) is 0.333. The maximum Gasteiger partial charge on any atom is 0.534 e. The zero-order chi connectivity index (χ0) is 13.6. The molecule has 9 heteroatoms. The van der Waals surface area contributed by atoms with E-state index in [-0.39, 0.29) is 12.4 Å². The maximum absolute atomic E-state index is 12.1. The van der Waals surface area contributed by atoms with Gasteiger partial charge in [-0.15, -0.1) is 0 Å². The number of halogens is 3. The standard InChI is InChI=1S/C9H7F3O5S/c10-9(11,12)18(14,15)17-5-1-2-6-7(13)4-16-8(6)3-5/h1-3,7,13H,4H2. The molecule has 18 heavy (non-hydrogen) atoms. The van der Waals surface area contributed by atoms with Crippen molar-refractivity contribution in [1.82, 2.24) is 0 Å². The largest absolute Gasteiger partial charge is 0.534 e. The van der Waals surface area contributed by atoms with Crippen LogP contribution in [0.15, 0.2) is 18.2 Å². The molecule has 0 spiro atoms. The summed E-state index contributed by atoms with van der Waals surface area (Å²) in [5.41, 5.74) is -5.13. The Kier molecular flexibility index (Phi) is 2.90. The van der Waals surface area contributed by atoms with Gasteiger partial charge >= 0.3 is 15.6 Å². The SMILES string of the molecule is O=S(=O)(Oc1ccc2c(c1)OCC2O)C(F)(F)F. The normalized spacial score (nSPS) is 19.2. The summed E-state index contributed by atoms with van der Waals surface area (Å²) in [7, 11) is -5.70. The second-order valence-electron chi connectivity index (χ2n) is 3.51. The zero-order valence-electron chi connectivity index (χ0n) is 8.64. The summed E-state index contributed by atoms with van der Waals surface area (Å²) < 4.78 is 66.6. The van der Waals surface area contributed by atoms with Gasteiger partial charge in [-0.25, -0.2) is 0 Å². The molecule has 0 aromatic heterocycles. The van der Waals surface area contributed by atoms with Crippen molar-refractivity contribution in [2.45, 2.75) is 11.6 Å². The maximum atomic E-state index is 12.1.